The minimum atomic E-state index is 0.198. The zero-order chi connectivity index (χ0) is 14.9. The van der Waals surface area contributed by atoms with Gasteiger partial charge in [-0.25, -0.2) is 9.50 Å². The van der Waals surface area contributed by atoms with Crippen molar-refractivity contribution >= 4 is 28.5 Å². The first-order valence-corrected chi connectivity index (χ1v) is 7.16. The molecule has 5 nitrogen and oxygen atoms in total. The minimum absolute atomic E-state index is 0.198. The monoisotopic (exact) mass is 291 g/mol. The van der Waals surface area contributed by atoms with Gasteiger partial charge in [0, 0.05) is 31.9 Å². The maximum absolute atomic E-state index is 5.63. The molecule has 108 valence electrons. The van der Waals surface area contributed by atoms with E-state index in [1.165, 1.54) is 0 Å². The molecule has 0 aliphatic carbocycles. The summed E-state index contributed by atoms with van der Waals surface area (Å²) in [6.07, 6.45) is 4.31. The molecule has 1 atom stereocenters. The van der Waals surface area contributed by atoms with Gasteiger partial charge in [0.1, 0.15) is 5.52 Å². The van der Waals surface area contributed by atoms with Crippen LogP contribution >= 0.6 is 12.2 Å². The van der Waals surface area contributed by atoms with Crippen LogP contribution in [-0.2, 0) is 0 Å². The number of nitrogens with two attached hydrogens (primary N) is 1. The molecule has 0 aromatic carbocycles. The maximum Gasteiger partial charge on any atom is 0.154 e. The molecule has 0 amide bonds. The number of thiocarbonyl (C=S) groups is 1. The van der Waals surface area contributed by atoms with Crippen LogP contribution in [0.15, 0.2) is 18.5 Å². The summed E-state index contributed by atoms with van der Waals surface area (Å²) in [6, 6.07) is 2.29. The van der Waals surface area contributed by atoms with Crippen molar-refractivity contribution in [2.75, 3.05) is 11.9 Å². The van der Waals surface area contributed by atoms with Gasteiger partial charge in [-0.2, -0.15) is 5.10 Å². The van der Waals surface area contributed by atoms with Crippen LogP contribution < -0.4 is 10.6 Å². The molecule has 0 aliphatic rings. The number of hydrogen-bond acceptors (Lipinski definition) is 4. The predicted molar refractivity (Wildman–Crippen MR) is 86.3 cm³/mol. The van der Waals surface area contributed by atoms with E-state index in [9.17, 15) is 0 Å². The van der Waals surface area contributed by atoms with E-state index >= 15 is 0 Å². The highest BCUT2D eigenvalue weighted by Gasteiger charge is 2.17. The Labute approximate surface area is 124 Å². The summed E-state index contributed by atoms with van der Waals surface area (Å²) in [5, 5.41) is 4.58. The average molecular weight is 291 g/mol. The zero-order valence-corrected chi connectivity index (χ0v) is 13.2. The quantitative estimate of drug-likeness (QED) is 0.857. The normalized spacial score (nSPS) is 12.8. The number of fused-ring (bicyclic) bond motifs is 1. The molecule has 0 saturated carbocycles. The van der Waals surface area contributed by atoms with Gasteiger partial charge in [-0.1, -0.05) is 26.1 Å². The van der Waals surface area contributed by atoms with Gasteiger partial charge in [0.15, 0.2) is 5.82 Å². The van der Waals surface area contributed by atoms with E-state index in [2.05, 4.69) is 41.8 Å². The molecule has 0 aliphatic heterocycles. The molecule has 6 heteroatoms. The SMILES string of the molecule is CC(C)c1cc2c(N(C)C(C)CC(N)=S)nccn2n1. The molecule has 0 saturated heterocycles. The van der Waals surface area contributed by atoms with Gasteiger partial charge in [-0.05, 0) is 18.9 Å². The van der Waals surface area contributed by atoms with Gasteiger partial charge >= 0.3 is 0 Å². The molecule has 2 aromatic rings. The van der Waals surface area contributed by atoms with Gasteiger partial charge in [0.2, 0.25) is 0 Å². The van der Waals surface area contributed by atoms with Crippen LogP contribution in [0.25, 0.3) is 5.52 Å². The Balaban J connectivity index is 2.40. The Morgan fingerprint density at radius 3 is 2.75 bits per heavy atom. The van der Waals surface area contributed by atoms with E-state index < -0.39 is 0 Å². The van der Waals surface area contributed by atoms with E-state index in [0.717, 1.165) is 17.0 Å². The van der Waals surface area contributed by atoms with Gasteiger partial charge in [-0.15, -0.1) is 0 Å². The van der Waals surface area contributed by atoms with Gasteiger partial charge in [-0.3, -0.25) is 0 Å². The highest BCUT2D eigenvalue weighted by molar-refractivity contribution is 7.80. The van der Waals surface area contributed by atoms with Crippen LogP contribution in [0.4, 0.5) is 5.82 Å². The topological polar surface area (TPSA) is 59.5 Å². The van der Waals surface area contributed by atoms with Crippen molar-refractivity contribution in [3.63, 3.8) is 0 Å². The lowest BCUT2D eigenvalue weighted by molar-refractivity contribution is 0.704. The third-order valence-corrected chi connectivity index (χ3v) is 3.64. The summed E-state index contributed by atoms with van der Waals surface area (Å²) < 4.78 is 1.88. The molecule has 0 fully saturated rings. The van der Waals surface area contributed by atoms with Crippen molar-refractivity contribution in [3.05, 3.63) is 24.2 Å². The molecular weight excluding hydrogens is 270 g/mol. The lowest BCUT2D eigenvalue weighted by Crippen LogP contribution is -2.33. The van der Waals surface area contributed by atoms with Crippen molar-refractivity contribution in [1.29, 1.82) is 0 Å². The smallest absolute Gasteiger partial charge is 0.154 e. The maximum atomic E-state index is 5.63. The van der Waals surface area contributed by atoms with Crippen molar-refractivity contribution in [1.82, 2.24) is 14.6 Å². The molecule has 20 heavy (non-hydrogen) atoms. The lowest BCUT2D eigenvalue weighted by Gasteiger charge is -2.25. The zero-order valence-electron chi connectivity index (χ0n) is 12.4. The number of nitrogens with zero attached hydrogens (tertiary/aromatic N) is 4. The van der Waals surface area contributed by atoms with Gasteiger partial charge in [0.05, 0.1) is 10.7 Å². The van der Waals surface area contributed by atoms with Crippen LogP contribution in [-0.4, -0.2) is 32.7 Å². The predicted octanol–water partition coefficient (Wildman–Crippen LogP) is 2.35. The Kier molecular flexibility index (Phi) is 4.23. The fraction of sp³-hybridized carbons (Fsp3) is 0.500. The summed E-state index contributed by atoms with van der Waals surface area (Å²) in [7, 11) is 2.01. The third-order valence-electron chi connectivity index (χ3n) is 3.47. The van der Waals surface area contributed by atoms with Gasteiger partial charge < -0.3 is 10.6 Å². The third kappa shape index (κ3) is 2.90. The summed E-state index contributed by atoms with van der Waals surface area (Å²) in [6.45, 7) is 6.35. The van der Waals surface area contributed by atoms with E-state index in [-0.39, 0.29) is 6.04 Å². The first-order valence-electron chi connectivity index (χ1n) is 6.75. The Morgan fingerprint density at radius 1 is 1.45 bits per heavy atom. The molecule has 0 radical (unpaired) electrons. The lowest BCUT2D eigenvalue weighted by atomic mass is 10.1. The summed E-state index contributed by atoms with van der Waals surface area (Å²) in [5.74, 6) is 1.29. The van der Waals surface area contributed by atoms with Crippen molar-refractivity contribution in [2.24, 2.45) is 5.73 Å². The second kappa shape index (κ2) is 5.75. The highest BCUT2D eigenvalue weighted by atomic mass is 32.1. The molecule has 1 unspecified atom stereocenters. The molecular formula is C14H21N5S. The van der Waals surface area contributed by atoms with Crippen LogP contribution in [0.5, 0.6) is 0 Å². The number of anilines is 1. The molecule has 0 spiro atoms. The molecule has 2 rings (SSSR count). The van der Waals surface area contributed by atoms with Crippen molar-refractivity contribution in [2.45, 2.75) is 39.2 Å². The van der Waals surface area contributed by atoms with Crippen LogP contribution in [0.1, 0.15) is 38.8 Å². The van der Waals surface area contributed by atoms with E-state index in [0.29, 0.717) is 17.3 Å². The van der Waals surface area contributed by atoms with Crippen LogP contribution in [0.2, 0.25) is 0 Å². The van der Waals surface area contributed by atoms with E-state index in [1.807, 2.05) is 17.8 Å². The fourth-order valence-electron chi connectivity index (χ4n) is 2.12. The van der Waals surface area contributed by atoms with Gasteiger partial charge in [0.25, 0.3) is 0 Å². The second-order valence-electron chi connectivity index (χ2n) is 5.43. The summed E-state index contributed by atoms with van der Waals surface area (Å²) >= 11 is 4.99. The molecule has 2 N–H and O–H groups in total. The first kappa shape index (κ1) is 14.7. The standard InChI is InChI=1S/C14H21N5S/c1-9(2)11-8-12-14(16-5-6-19(12)17-11)18(4)10(3)7-13(15)20/h5-6,8-10H,7H2,1-4H3,(H2,15,20). The molecule has 2 heterocycles. The average Bonchev–Trinajstić information content (AvgIpc) is 2.80. The summed E-state index contributed by atoms with van der Waals surface area (Å²) in [4.78, 5) is 7.11. The molecule has 0 bridgehead atoms. The Morgan fingerprint density at radius 2 is 2.15 bits per heavy atom. The summed E-state index contributed by atoms with van der Waals surface area (Å²) in [5.41, 5.74) is 7.70. The van der Waals surface area contributed by atoms with E-state index in [4.69, 9.17) is 18.0 Å². The minimum Gasteiger partial charge on any atom is -0.393 e. The Bertz CT molecular complexity index is 619. The number of hydrogen-bond donors (Lipinski definition) is 1. The van der Waals surface area contributed by atoms with Crippen molar-refractivity contribution < 1.29 is 0 Å². The number of aromatic nitrogens is 3. The molecule has 2 aromatic heterocycles. The van der Waals surface area contributed by atoms with E-state index in [1.54, 1.807) is 6.20 Å². The van der Waals surface area contributed by atoms with Crippen molar-refractivity contribution in [3.8, 4) is 0 Å². The Hall–Kier alpha value is -1.69. The fourth-order valence-corrected chi connectivity index (χ4v) is 2.36. The van der Waals surface area contributed by atoms with Crippen LogP contribution in [0, 0.1) is 0 Å². The highest BCUT2D eigenvalue weighted by Crippen LogP contribution is 2.23. The second-order valence-corrected chi connectivity index (χ2v) is 5.96. The first-order chi connectivity index (χ1) is 9.40. The number of rotatable bonds is 5. The van der Waals surface area contributed by atoms with Crippen LogP contribution in [0.3, 0.4) is 0 Å². The largest absolute Gasteiger partial charge is 0.393 e.